The van der Waals surface area contributed by atoms with Crippen molar-refractivity contribution in [3.05, 3.63) is 35.6 Å². The molecule has 1 aliphatic rings. The summed E-state index contributed by atoms with van der Waals surface area (Å²) in [5, 5.41) is 4.26. The molecule has 15 heavy (non-hydrogen) atoms. The first-order chi connectivity index (χ1) is 7.34. The second-order valence-corrected chi connectivity index (χ2v) is 3.81. The van der Waals surface area contributed by atoms with Crippen molar-refractivity contribution in [2.75, 3.05) is 13.1 Å². The van der Waals surface area contributed by atoms with Gasteiger partial charge in [0.25, 0.3) is 0 Å². The minimum atomic E-state index is -0.199. The number of piperidine rings is 1. The molecule has 0 aromatic heterocycles. The van der Waals surface area contributed by atoms with Gasteiger partial charge in [0.05, 0.1) is 12.7 Å². The second-order valence-electron chi connectivity index (χ2n) is 3.81. The van der Waals surface area contributed by atoms with Crippen LogP contribution >= 0.6 is 0 Å². The van der Waals surface area contributed by atoms with Gasteiger partial charge in [-0.1, -0.05) is 12.1 Å². The molecule has 1 aliphatic heterocycles. The minimum Gasteiger partial charge on any atom is -0.373 e. The van der Waals surface area contributed by atoms with Crippen LogP contribution in [-0.4, -0.2) is 19.2 Å². The number of hydrogen-bond donors (Lipinski definition) is 0. The molecule has 1 aromatic rings. The topological polar surface area (TPSA) is 23.3 Å². The van der Waals surface area contributed by atoms with E-state index >= 15 is 0 Å². The summed E-state index contributed by atoms with van der Waals surface area (Å²) < 4.78 is 18.6. The Morgan fingerprint density at radius 3 is 2.87 bits per heavy atom. The Morgan fingerprint density at radius 1 is 1.33 bits per heavy atom. The molecule has 0 atom stereocenters. The van der Waals surface area contributed by atoms with Gasteiger partial charge in [-0.25, -0.2) is 9.71 Å². The highest BCUT2D eigenvalue weighted by Gasteiger charge is 2.13. The molecule has 1 heterocycles. The van der Waals surface area contributed by atoms with E-state index in [9.17, 15) is 4.39 Å². The Morgan fingerprint density at radius 2 is 2.13 bits per heavy atom. The van der Waals surface area contributed by atoms with Crippen LogP contribution in [0.4, 0.5) is 4.39 Å². The van der Waals surface area contributed by atoms with Gasteiger partial charge in [-0.2, -0.15) is 0 Å². The molecule has 1 fully saturated rings. The van der Waals surface area contributed by atoms with Crippen molar-refractivity contribution in [2.24, 2.45) is 0 Å². The van der Waals surface area contributed by atoms with Gasteiger partial charge in [0.1, 0.15) is 5.82 Å². The quantitative estimate of drug-likeness (QED) is 0.746. The summed E-state index contributed by atoms with van der Waals surface area (Å²) in [4.78, 5) is 0. The zero-order chi connectivity index (χ0) is 10.5. The van der Waals surface area contributed by atoms with E-state index in [1.165, 1.54) is 12.1 Å². The van der Waals surface area contributed by atoms with E-state index in [-0.39, 0.29) is 5.82 Å². The molecule has 0 saturated carbocycles. The Kier molecular flexibility index (Phi) is 3.69. The molecule has 0 aliphatic carbocycles. The van der Waals surface area contributed by atoms with Crippen LogP contribution in [0.3, 0.4) is 0 Å². The molecule has 0 bridgehead atoms. The molecule has 3 heteroatoms. The van der Waals surface area contributed by atoms with Crippen molar-refractivity contribution in [3.63, 3.8) is 0 Å². The lowest BCUT2D eigenvalue weighted by Gasteiger charge is -2.21. The fraction of sp³-hybridized carbons (Fsp3) is 0.500. The average molecular weight is 208 g/mol. The van der Waals surface area contributed by atoms with Gasteiger partial charge in [0.15, 0.2) is 0 Å². The highest BCUT2D eigenvalue weighted by atomic mass is 19.1. The smallest absolute Gasteiger partial charge is 0.123 e. The molecule has 81 valence electrons. The van der Waals surface area contributed by atoms with Gasteiger partial charge in [-0.15, -0.1) is 0 Å². The van der Waals surface area contributed by atoms with Crippen LogP contribution in [0.25, 0.3) is 0 Å². The molecule has 1 aromatic carbocycles. The van der Waals surface area contributed by atoms with Crippen molar-refractivity contribution < 1.29 is 9.13 Å². The van der Waals surface area contributed by atoms with E-state index in [1.807, 2.05) is 6.07 Å². The third kappa shape index (κ3) is 3.29. The first-order valence-corrected chi connectivity index (χ1v) is 5.34. The summed E-state index contributed by atoms with van der Waals surface area (Å²) in [5.74, 6) is -0.199. The fourth-order valence-electron chi connectivity index (χ4n) is 1.73. The largest absolute Gasteiger partial charge is 0.373 e. The molecule has 1 saturated heterocycles. The standard InChI is InChI=1S/C12H15FNO/c13-11-3-1-2-10(8-11)9-15-12-4-6-14-7-5-12/h1-3,8,12H,4-7,9H2. The zero-order valence-electron chi connectivity index (χ0n) is 8.66. The Bertz CT molecular complexity index is 310. The molecular weight excluding hydrogens is 193 g/mol. The van der Waals surface area contributed by atoms with E-state index in [0.717, 1.165) is 31.5 Å². The normalized spacial score (nSPS) is 17.9. The van der Waals surface area contributed by atoms with Crippen molar-refractivity contribution in [1.82, 2.24) is 5.32 Å². The predicted octanol–water partition coefficient (Wildman–Crippen LogP) is 2.11. The number of halogens is 1. The summed E-state index contributed by atoms with van der Waals surface area (Å²) in [6.45, 7) is 2.30. The van der Waals surface area contributed by atoms with E-state index in [2.05, 4.69) is 5.32 Å². The highest BCUT2D eigenvalue weighted by molar-refractivity contribution is 5.15. The number of ether oxygens (including phenoxy) is 1. The van der Waals surface area contributed by atoms with Gasteiger partial charge in [0, 0.05) is 13.1 Å². The fourth-order valence-corrected chi connectivity index (χ4v) is 1.73. The lowest BCUT2D eigenvalue weighted by Crippen LogP contribution is -2.28. The molecule has 0 spiro atoms. The molecule has 2 rings (SSSR count). The van der Waals surface area contributed by atoms with Gasteiger partial charge in [-0.05, 0) is 30.5 Å². The minimum absolute atomic E-state index is 0.199. The molecular formula is C12H15FNO. The Hall–Kier alpha value is -0.930. The van der Waals surface area contributed by atoms with Gasteiger partial charge < -0.3 is 4.74 Å². The van der Waals surface area contributed by atoms with Crippen LogP contribution in [0.1, 0.15) is 18.4 Å². The SMILES string of the molecule is Fc1cccc(COC2CC[N]CC2)c1. The number of hydrogen-bond acceptors (Lipinski definition) is 1. The van der Waals surface area contributed by atoms with E-state index < -0.39 is 0 Å². The lowest BCUT2D eigenvalue weighted by atomic mass is 10.1. The summed E-state index contributed by atoms with van der Waals surface area (Å²) in [6.07, 6.45) is 2.29. The van der Waals surface area contributed by atoms with Crippen molar-refractivity contribution in [3.8, 4) is 0 Å². The predicted molar refractivity (Wildman–Crippen MR) is 56.1 cm³/mol. The lowest BCUT2D eigenvalue weighted by molar-refractivity contribution is 0.0206. The molecule has 2 nitrogen and oxygen atoms in total. The van der Waals surface area contributed by atoms with Crippen LogP contribution in [0.5, 0.6) is 0 Å². The van der Waals surface area contributed by atoms with Crippen LogP contribution in [0.15, 0.2) is 24.3 Å². The van der Waals surface area contributed by atoms with Crippen molar-refractivity contribution >= 4 is 0 Å². The summed E-state index contributed by atoms with van der Waals surface area (Å²) in [6, 6.07) is 6.57. The maximum Gasteiger partial charge on any atom is 0.123 e. The monoisotopic (exact) mass is 208 g/mol. The first kappa shape index (κ1) is 10.6. The maximum atomic E-state index is 12.9. The van der Waals surface area contributed by atoms with E-state index in [4.69, 9.17) is 4.74 Å². The molecule has 0 unspecified atom stereocenters. The van der Waals surface area contributed by atoms with Crippen LogP contribution < -0.4 is 5.32 Å². The number of rotatable bonds is 3. The van der Waals surface area contributed by atoms with E-state index in [0.29, 0.717) is 12.7 Å². The van der Waals surface area contributed by atoms with E-state index in [1.54, 1.807) is 6.07 Å². The highest BCUT2D eigenvalue weighted by Crippen LogP contribution is 2.12. The van der Waals surface area contributed by atoms with Crippen LogP contribution in [0, 0.1) is 5.82 Å². The maximum absolute atomic E-state index is 12.9. The summed E-state index contributed by atoms with van der Waals surface area (Å²) in [5.41, 5.74) is 0.900. The Balaban J connectivity index is 1.81. The average Bonchev–Trinajstić information content (AvgIpc) is 2.28. The van der Waals surface area contributed by atoms with Crippen LogP contribution in [-0.2, 0) is 11.3 Å². The van der Waals surface area contributed by atoms with Gasteiger partial charge in [0.2, 0.25) is 0 Å². The molecule has 1 radical (unpaired) electrons. The van der Waals surface area contributed by atoms with Crippen molar-refractivity contribution in [2.45, 2.75) is 25.6 Å². The first-order valence-electron chi connectivity index (χ1n) is 5.34. The molecule has 0 amide bonds. The summed E-state index contributed by atoms with van der Waals surface area (Å²) in [7, 11) is 0. The third-order valence-corrected chi connectivity index (χ3v) is 2.59. The van der Waals surface area contributed by atoms with Gasteiger partial charge in [-0.3, -0.25) is 0 Å². The number of nitrogens with zero attached hydrogens (tertiary/aromatic N) is 1. The van der Waals surface area contributed by atoms with Crippen LogP contribution in [0.2, 0.25) is 0 Å². The second kappa shape index (κ2) is 5.24. The Labute approximate surface area is 89.4 Å². The van der Waals surface area contributed by atoms with Crippen molar-refractivity contribution in [1.29, 1.82) is 0 Å². The zero-order valence-corrected chi connectivity index (χ0v) is 8.66. The summed E-state index contributed by atoms with van der Waals surface area (Å²) >= 11 is 0. The number of benzene rings is 1. The third-order valence-electron chi connectivity index (χ3n) is 2.59. The van der Waals surface area contributed by atoms with Gasteiger partial charge >= 0.3 is 0 Å². The molecule has 0 N–H and O–H groups in total.